The number of carbonyl (C=O) groups is 1. The summed E-state index contributed by atoms with van der Waals surface area (Å²) in [6, 6.07) is -0.221. The van der Waals surface area contributed by atoms with E-state index in [0.717, 1.165) is 0 Å². The molecule has 64 valence electrons. The van der Waals surface area contributed by atoms with Crippen LogP contribution in [0.15, 0.2) is 22.8 Å². The Bertz CT molecular complexity index is 234. The predicted molar refractivity (Wildman–Crippen MR) is 47.3 cm³/mol. The maximum atomic E-state index is 11.1. The molecular weight excluding hydrogens is 156 g/mol. The quantitative estimate of drug-likeness (QED) is 0.462. The minimum atomic E-state index is -0.221. The predicted octanol–water partition coefficient (Wildman–Crippen LogP) is 0.212. The Morgan fingerprint density at radius 2 is 2.67 bits per heavy atom. The van der Waals surface area contributed by atoms with Crippen molar-refractivity contribution in [1.82, 2.24) is 10.2 Å². The number of aliphatic imine (C=N–C) groups is 2. The summed E-state index contributed by atoms with van der Waals surface area (Å²) in [7, 11) is 0. The molecule has 0 aliphatic carbocycles. The summed E-state index contributed by atoms with van der Waals surface area (Å²) in [6.45, 7) is 4.67. The Hall–Kier alpha value is -1.65. The van der Waals surface area contributed by atoms with Crippen LogP contribution in [0.2, 0.25) is 0 Å². The zero-order chi connectivity index (χ0) is 8.81. The molecule has 0 aromatic carbocycles. The van der Waals surface area contributed by atoms with Crippen LogP contribution >= 0.6 is 0 Å². The summed E-state index contributed by atoms with van der Waals surface area (Å²) in [4.78, 5) is 20.1. The first-order valence-corrected chi connectivity index (χ1v) is 3.54. The molecule has 0 bridgehead atoms. The number of nitrogens with one attached hydrogen (secondary N) is 1. The van der Waals surface area contributed by atoms with E-state index in [9.17, 15) is 4.79 Å². The number of nitrogens with zero attached hydrogens (tertiary/aromatic N) is 3. The van der Waals surface area contributed by atoms with Gasteiger partial charge in [-0.05, 0) is 0 Å². The summed E-state index contributed by atoms with van der Waals surface area (Å²) in [5.41, 5.74) is 0. The lowest BCUT2D eigenvalue weighted by Crippen LogP contribution is -2.37. The van der Waals surface area contributed by atoms with E-state index >= 15 is 0 Å². The van der Waals surface area contributed by atoms with E-state index in [1.165, 1.54) is 23.8 Å². The summed E-state index contributed by atoms with van der Waals surface area (Å²) in [6.07, 6.45) is 4.15. The van der Waals surface area contributed by atoms with Crippen LogP contribution in [0.5, 0.6) is 0 Å². The zero-order valence-corrected chi connectivity index (χ0v) is 6.60. The van der Waals surface area contributed by atoms with Crippen LogP contribution in [0.25, 0.3) is 0 Å². The van der Waals surface area contributed by atoms with E-state index in [0.29, 0.717) is 13.1 Å². The SMILES string of the molecule is C=CN=CNC(=O)N1C=NCC1. The van der Waals surface area contributed by atoms with Gasteiger partial charge in [0.25, 0.3) is 0 Å². The van der Waals surface area contributed by atoms with Crippen molar-refractivity contribution in [2.24, 2.45) is 9.98 Å². The molecular formula is C7H10N4O. The van der Waals surface area contributed by atoms with Gasteiger partial charge in [0.2, 0.25) is 0 Å². The number of urea groups is 1. The molecule has 1 heterocycles. The highest BCUT2D eigenvalue weighted by atomic mass is 16.2. The Kier molecular flexibility index (Phi) is 3.01. The summed E-state index contributed by atoms with van der Waals surface area (Å²) in [5.74, 6) is 0. The molecule has 0 aromatic heterocycles. The second-order valence-electron chi connectivity index (χ2n) is 2.13. The molecule has 0 unspecified atom stereocenters. The molecule has 1 aliphatic heterocycles. The second-order valence-corrected chi connectivity index (χ2v) is 2.13. The first kappa shape index (κ1) is 8.45. The Morgan fingerprint density at radius 1 is 1.83 bits per heavy atom. The van der Waals surface area contributed by atoms with Crippen molar-refractivity contribution in [2.45, 2.75) is 0 Å². The molecule has 0 aromatic rings. The van der Waals surface area contributed by atoms with Crippen LogP contribution < -0.4 is 5.32 Å². The normalized spacial score (nSPS) is 15.5. The highest BCUT2D eigenvalue weighted by Crippen LogP contribution is 1.92. The van der Waals surface area contributed by atoms with E-state index < -0.39 is 0 Å². The van der Waals surface area contributed by atoms with Crippen molar-refractivity contribution in [3.8, 4) is 0 Å². The average Bonchev–Trinajstić information content (AvgIpc) is 2.56. The van der Waals surface area contributed by atoms with E-state index in [4.69, 9.17) is 0 Å². The first-order valence-electron chi connectivity index (χ1n) is 3.54. The van der Waals surface area contributed by atoms with E-state index in [1.807, 2.05) is 0 Å². The van der Waals surface area contributed by atoms with E-state index in [-0.39, 0.29) is 6.03 Å². The Morgan fingerprint density at radius 3 is 3.25 bits per heavy atom. The van der Waals surface area contributed by atoms with Crippen LogP contribution in [0.4, 0.5) is 4.79 Å². The standard InChI is InChI=1S/C7H10N4O/c1-2-8-5-10-7(12)11-4-3-9-6-11/h2,5-6H,1,3-4H2,(H,8,10,12). The van der Waals surface area contributed by atoms with Gasteiger partial charge in [0.1, 0.15) is 0 Å². The fourth-order valence-electron chi connectivity index (χ4n) is 0.762. The Balaban J connectivity index is 2.32. The number of rotatable bonds is 2. The van der Waals surface area contributed by atoms with Gasteiger partial charge in [-0.2, -0.15) is 0 Å². The van der Waals surface area contributed by atoms with Gasteiger partial charge >= 0.3 is 6.03 Å². The van der Waals surface area contributed by atoms with Crippen molar-refractivity contribution < 1.29 is 4.79 Å². The fourth-order valence-corrected chi connectivity index (χ4v) is 0.762. The van der Waals surface area contributed by atoms with Crippen LogP contribution in [0, 0.1) is 0 Å². The third kappa shape index (κ3) is 2.19. The molecule has 1 aliphatic rings. The molecule has 5 heteroatoms. The smallest absolute Gasteiger partial charge is 0.298 e. The third-order valence-corrected chi connectivity index (χ3v) is 1.32. The molecule has 0 atom stereocenters. The number of carbonyl (C=O) groups excluding carboxylic acids is 1. The molecule has 2 amide bonds. The summed E-state index contributed by atoms with van der Waals surface area (Å²) >= 11 is 0. The highest BCUT2D eigenvalue weighted by molar-refractivity contribution is 5.93. The molecule has 0 radical (unpaired) electrons. The van der Waals surface area contributed by atoms with E-state index in [1.54, 1.807) is 0 Å². The molecule has 1 N–H and O–H groups in total. The topological polar surface area (TPSA) is 57.1 Å². The number of hydrogen-bond acceptors (Lipinski definition) is 3. The summed E-state index contributed by atoms with van der Waals surface area (Å²) in [5, 5.41) is 2.46. The third-order valence-electron chi connectivity index (χ3n) is 1.32. The van der Waals surface area contributed by atoms with Crippen LogP contribution in [-0.2, 0) is 0 Å². The van der Waals surface area contributed by atoms with Gasteiger partial charge < -0.3 is 0 Å². The van der Waals surface area contributed by atoms with Gasteiger partial charge in [-0.15, -0.1) is 0 Å². The second kappa shape index (κ2) is 4.27. The first-order chi connectivity index (χ1) is 5.84. The van der Waals surface area contributed by atoms with Crippen molar-refractivity contribution >= 4 is 18.7 Å². The molecule has 1 rings (SSSR count). The van der Waals surface area contributed by atoms with Crippen molar-refractivity contribution in [2.75, 3.05) is 13.1 Å². The van der Waals surface area contributed by atoms with Crippen LogP contribution in [-0.4, -0.2) is 36.7 Å². The fraction of sp³-hybridized carbons (Fsp3) is 0.286. The summed E-state index contributed by atoms with van der Waals surface area (Å²) < 4.78 is 0. The molecule has 0 saturated carbocycles. The van der Waals surface area contributed by atoms with E-state index in [2.05, 4.69) is 21.9 Å². The monoisotopic (exact) mass is 166 g/mol. The van der Waals surface area contributed by atoms with Gasteiger partial charge in [0, 0.05) is 12.7 Å². The minimum absolute atomic E-state index is 0.221. The number of hydrogen-bond donors (Lipinski definition) is 1. The maximum absolute atomic E-state index is 11.1. The van der Waals surface area contributed by atoms with Gasteiger partial charge in [-0.3, -0.25) is 15.2 Å². The van der Waals surface area contributed by atoms with Crippen molar-refractivity contribution in [3.05, 3.63) is 12.8 Å². The molecule has 12 heavy (non-hydrogen) atoms. The lowest BCUT2D eigenvalue weighted by Gasteiger charge is -2.09. The van der Waals surface area contributed by atoms with Gasteiger partial charge in [-0.1, -0.05) is 6.58 Å². The molecule has 0 saturated heterocycles. The lowest BCUT2D eigenvalue weighted by molar-refractivity contribution is 0.229. The Labute approximate surface area is 70.5 Å². The average molecular weight is 166 g/mol. The zero-order valence-electron chi connectivity index (χ0n) is 6.60. The largest absolute Gasteiger partial charge is 0.327 e. The minimum Gasteiger partial charge on any atom is -0.298 e. The molecule has 0 spiro atoms. The molecule has 5 nitrogen and oxygen atoms in total. The maximum Gasteiger partial charge on any atom is 0.327 e. The van der Waals surface area contributed by atoms with Gasteiger partial charge in [-0.25, -0.2) is 9.79 Å². The van der Waals surface area contributed by atoms with Crippen molar-refractivity contribution in [3.63, 3.8) is 0 Å². The molecule has 0 fully saturated rings. The van der Waals surface area contributed by atoms with Gasteiger partial charge in [0.05, 0.1) is 19.2 Å². The lowest BCUT2D eigenvalue weighted by atomic mass is 10.6. The van der Waals surface area contributed by atoms with Crippen LogP contribution in [0.3, 0.4) is 0 Å². The van der Waals surface area contributed by atoms with Crippen LogP contribution in [0.1, 0.15) is 0 Å². The highest BCUT2D eigenvalue weighted by Gasteiger charge is 2.12. The van der Waals surface area contributed by atoms with Gasteiger partial charge in [0.15, 0.2) is 0 Å². The number of amides is 2. The van der Waals surface area contributed by atoms with Crippen molar-refractivity contribution in [1.29, 1.82) is 0 Å².